The van der Waals surface area contributed by atoms with Gasteiger partial charge in [-0.3, -0.25) is 0 Å². The van der Waals surface area contributed by atoms with Crippen LogP contribution < -0.4 is 5.73 Å². The minimum Gasteiger partial charge on any atom is -0.321 e. The first-order chi connectivity index (χ1) is 10.2. The summed E-state index contributed by atoms with van der Waals surface area (Å²) in [7, 11) is 0. The molecular weight excluding hydrogens is 256 g/mol. The molecule has 0 atom stereocenters. The summed E-state index contributed by atoms with van der Waals surface area (Å²) in [6, 6.07) is 9.49. The van der Waals surface area contributed by atoms with Gasteiger partial charge in [0.1, 0.15) is 0 Å². The Labute approximate surface area is 128 Å². The fourth-order valence-electron chi connectivity index (χ4n) is 4.89. The summed E-state index contributed by atoms with van der Waals surface area (Å²) in [4.78, 5) is 2.62. The van der Waals surface area contributed by atoms with Crippen molar-refractivity contribution in [3.05, 3.63) is 35.4 Å². The van der Waals surface area contributed by atoms with E-state index in [0.29, 0.717) is 5.41 Å². The summed E-state index contributed by atoms with van der Waals surface area (Å²) in [5.74, 6) is 0. The molecule has 0 unspecified atom stereocenters. The van der Waals surface area contributed by atoms with E-state index < -0.39 is 0 Å². The molecule has 2 heteroatoms. The number of hydrogen-bond donors (Lipinski definition) is 1. The third-order valence-corrected chi connectivity index (χ3v) is 6.54. The molecule has 3 heterocycles. The minimum atomic E-state index is -0.0512. The maximum atomic E-state index is 6.68. The Hall–Kier alpha value is -0.860. The van der Waals surface area contributed by atoms with Crippen LogP contribution in [0.2, 0.25) is 0 Å². The maximum Gasteiger partial charge on any atom is 0.0409 e. The summed E-state index contributed by atoms with van der Waals surface area (Å²) in [6.07, 6.45) is 10.3. The smallest absolute Gasteiger partial charge is 0.0409 e. The zero-order chi connectivity index (χ0) is 14.3. The number of piperidine rings is 3. The summed E-state index contributed by atoms with van der Waals surface area (Å²) in [6.45, 7) is 3.88. The standard InChI is InChI=1S/C19H28N2/c20-19(8-2-1-3-9-19)17-6-4-16(5-7-17)18-10-13-21(14-11-18)15-12-18/h4-7H,1-3,8-15,20H2. The third-order valence-electron chi connectivity index (χ3n) is 6.54. The lowest BCUT2D eigenvalue weighted by Crippen LogP contribution is -2.50. The Kier molecular flexibility index (Phi) is 3.35. The molecule has 1 aromatic rings. The van der Waals surface area contributed by atoms with E-state index in [1.165, 1.54) is 63.7 Å². The van der Waals surface area contributed by atoms with Gasteiger partial charge in [-0.1, -0.05) is 43.5 Å². The molecule has 1 aromatic carbocycles. The van der Waals surface area contributed by atoms with E-state index >= 15 is 0 Å². The molecule has 4 fully saturated rings. The summed E-state index contributed by atoms with van der Waals surface area (Å²) in [5, 5.41) is 0. The molecule has 0 spiro atoms. The predicted molar refractivity (Wildman–Crippen MR) is 87.4 cm³/mol. The maximum absolute atomic E-state index is 6.68. The average molecular weight is 284 g/mol. The van der Waals surface area contributed by atoms with Crippen LogP contribution in [0.15, 0.2) is 24.3 Å². The second-order valence-electron chi connectivity index (χ2n) is 7.67. The molecule has 5 rings (SSSR count). The minimum absolute atomic E-state index is 0.0512. The van der Waals surface area contributed by atoms with Gasteiger partial charge < -0.3 is 10.6 Å². The van der Waals surface area contributed by atoms with Crippen molar-refractivity contribution in [2.75, 3.05) is 19.6 Å². The lowest BCUT2D eigenvalue weighted by molar-refractivity contribution is 0.0817. The highest BCUT2D eigenvalue weighted by Crippen LogP contribution is 2.43. The van der Waals surface area contributed by atoms with Gasteiger partial charge >= 0.3 is 0 Å². The van der Waals surface area contributed by atoms with Crippen LogP contribution in [-0.4, -0.2) is 24.5 Å². The Balaban J connectivity index is 1.58. The zero-order valence-corrected chi connectivity index (χ0v) is 13.1. The van der Waals surface area contributed by atoms with Crippen LogP contribution in [0.3, 0.4) is 0 Å². The Morgan fingerprint density at radius 2 is 1.24 bits per heavy atom. The van der Waals surface area contributed by atoms with Gasteiger partial charge in [-0.05, 0) is 68.3 Å². The van der Waals surface area contributed by atoms with E-state index in [-0.39, 0.29) is 5.54 Å². The van der Waals surface area contributed by atoms with Gasteiger partial charge in [0, 0.05) is 5.54 Å². The second-order valence-corrected chi connectivity index (χ2v) is 7.67. The molecule has 114 valence electrons. The number of benzene rings is 1. The van der Waals surface area contributed by atoms with Gasteiger partial charge in [-0.2, -0.15) is 0 Å². The topological polar surface area (TPSA) is 29.3 Å². The van der Waals surface area contributed by atoms with Crippen molar-refractivity contribution in [1.29, 1.82) is 0 Å². The van der Waals surface area contributed by atoms with Crippen LogP contribution in [0.1, 0.15) is 62.5 Å². The van der Waals surface area contributed by atoms with Crippen molar-refractivity contribution < 1.29 is 0 Å². The Morgan fingerprint density at radius 1 is 0.714 bits per heavy atom. The van der Waals surface area contributed by atoms with Gasteiger partial charge in [0.15, 0.2) is 0 Å². The largest absolute Gasteiger partial charge is 0.321 e. The van der Waals surface area contributed by atoms with Crippen LogP contribution in [0.4, 0.5) is 0 Å². The predicted octanol–water partition coefficient (Wildman–Crippen LogP) is 3.54. The first-order valence-corrected chi connectivity index (χ1v) is 8.83. The molecule has 4 aliphatic rings. The lowest BCUT2D eigenvalue weighted by atomic mass is 9.67. The van der Waals surface area contributed by atoms with Crippen molar-refractivity contribution in [2.45, 2.75) is 62.3 Å². The molecule has 0 aromatic heterocycles. The molecule has 0 amide bonds. The number of rotatable bonds is 2. The van der Waals surface area contributed by atoms with Crippen LogP contribution in [0.5, 0.6) is 0 Å². The highest BCUT2D eigenvalue weighted by molar-refractivity contribution is 5.34. The third kappa shape index (κ3) is 2.33. The molecule has 3 saturated heterocycles. The Morgan fingerprint density at radius 3 is 1.81 bits per heavy atom. The van der Waals surface area contributed by atoms with Crippen molar-refractivity contribution in [2.24, 2.45) is 5.73 Å². The number of nitrogens with zero attached hydrogens (tertiary/aromatic N) is 1. The summed E-state index contributed by atoms with van der Waals surface area (Å²) >= 11 is 0. The van der Waals surface area contributed by atoms with Crippen molar-refractivity contribution in [3.8, 4) is 0 Å². The van der Waals surface area contributed by atoms with Crippen LogP contribution in [0.25, 0.3) is 0 Å². The molecular formula is C19H28N2. The quantitative estimate of drug-likeness (QED) is 0.900. The fraction of sp³-hybridized carbons (Fsp3) is 0.684. The highest BCUT2D eigenvalue weighted by Gasteiger charge is 2.40. The SMILES string of the molecule is NC1(c2ccc(C34CCN(CC3)CC4)cc2)CCCCC1. The second kappa shape index (κ2) is 5.10. The van der Waals surface area contributed by atoms with E-state index in [4.69, 9.17) is 5.73 Å². The first-order valence-electron chi connectivity index (χ1n) is 8.83. The molecule has 2 bridgehead atoms. The zero-order valence-electron chi connectivity index (χ0n) is 13.1. The van der Waals surface area contributed by atoms with E-state index in [9.17, 15) is 0 Å². The fourth-order valence-corrected chi connectivity index (χ4v) is 4.89. The molecule has 0 radical (unpaired) electrons. The molecule has 1 saturated carbocycles. The van der Waals surface area contributed by atoms with Gasteiger partial charge in [-0.15, -0.1) is 0 Å². The molecule has 3 aliphatic heterocycles. The normalized spacial score (nSPS) is 34.8. The number of hydrogen-bond acceptors (Lipinski definition) is 2. The van der Waals surface area contributed by atoms with Crippen molar-refractivity contribution in [1.82, 2.24) is 4.90 Å². The monoisotopic (exact) mass is 284 g/mol. The van der Waals surface area contributed by atoms with E-state index in [2.05, 4.69) is 29.2 Å². The molecule has 2 nitrogen and oxygen atoms in total. The molecule has 21 heavy (non-hydrogen) atoms. The Bertz CT molecular complexity index is 477. The van der Waals surface area contributed by atoms with Crippen LogP contribution in [0, 0.1) is 0 Å². The highest BCUT2D eigenvalue weighted by atomic mass is 15.1. The number of fused-ring (bicyclic) bond motifs is 3. The van der Waals surface area contributed by atoms with Crippen molar-refractivity contribution >= 4 is 0 Å². The van der Waals surface area contributed by atoms with Gasteiger partial charge in [0.25, 0.3) is 0 Å². The molecule has 2 N–H and O–H groups in total. The first kappa shape index (κ1) is 13.8. The number of nitrogens with two attached hydrogens (primary N) is 1. The van der Waals surface area contributed by atoms with E-state index in [1.54, 1.807) is 5.56 Å². The van der Waals surface area contributed by atoms with Gasteiger partial charge in [0.05, 0.1) is 0 Å². The van der Waals surface area contributed by atoms with E-state index in [1.807, 2.05) is 0 Å². The van der Waals surface area contributed by atoms with Gasteiger partial charge in [-0.25, -0.2) is 0 Å². The van der Waals surface area contributed by atoms with Crippen LogP contribution in [-0.2, 0) is 11.0 Å². The molecule has 1 aliphatic carbocycles. The van der Waals surface area contributed by atoms with Crippen LogP contribution >= 0.6 is 0 Å². The summed E-state index contributed by atoms with van der Waals surface area (Å²) in [5.41, 5.74) is 10.0. The van der Waals surface area contributed by atoms with Gasteiger partial charge in [0.2, 0.25) is 0 Å². The lowest BCUT2D eigenvalue weighted by Gasteiger charge is -2.49. The van der Waals surface area contributed by atoms with Crippen molar-refractivity contribution in [3.63, 3.8) is 0 Å². The van der Waals surface area contributed by atoms with E-state index in [0.717, 1.165) is 12.8 Å². The summed E-state index contributed by atoms with van der Waals surface area (Å²) < 4.78 is 0. The average Bonchev–Trinajstić information content (AvgIpc) is 2.57.